The van der Waals surface area contributed by atoms with E-state index in [0.717, 1.165) is 11.4 Å². The molecule has 0 N–H and O–H groups in total. The summed E-state index contributed by atoms with van der Waals surface area (Å²) in [5.41, 5.74) is 0.905. The number of rotatable bonds is 6. The van der Waals surface area contributed by atoms with Gasteiger partial charge in [0.15, 0.2) is 0 Å². The van der Waals surface area contributed by atoms with Gasteiger partial charge < -0.3 is 9.30 Å². The Hall–Kier alpha value is -2.63. The number of ether oxygens (including phenoxy) is 1. The van der Waals surface area contributed by atoms with E-state index in [-0.39, 0.29) is 0 Å². The summed E-state index contributed by atoms with van der Waals surface area (Å²) < 4.78 is 9.36. The molecule has 3 aromatic rings. The molecule has 2 aromatic heterocycles. The average Bonchev–Trinajstić information content (AvgIpc) is 3.13. The van der Waals surface area contributed by atoms with Crippen molar-refractivity contribution in [2.45, 2.75) is 13.1 Å². The molecule has 0 saturated carbocycles. The third-order valence-electron chi connectivity index (χ3n) is 2.82. The Bertz CT molecular complexity index is 633. The van der Waals surface area contributed by atoms with Gasteiger partial charge in [-0.1, -0.05) is 23.4 Å². The van der Waals surface area contributed by atoms with Gasteiger partial charge in [-0.15, -0.1) is 5.10 Å². The van der Waals surface area contributed by atoms with E-state index in [4.69, 9.17) is 4.74 Å². The van der Waals surface area contributed by atoms with Crippen molar-refractivity contribution in [3.63, 3.8) is 0 Å². The van der Waals surface area contributed by atoms with Crippen LogP contribution in [-0.4, -0.2) is 31.2 Å². The lowest BCUT2D eigenvalue weighted by atomic mass is 10.3. The first-order chi connectivity index (χ1) is 9.90. The highest BCUT2D eigenvalue weighted by atomic mass is 16.5. The molecular weight excluding hydrogens is 254 g/mol. The first kappa shape index (κ1) is 12.4. The van der Waals surface area contributed by atoms with Crippen LogP contribution < -0.4 is 4.74 Å². The maximum Gasteiger partial charge on any atom is 0.119 e. The van der Waals surface area contributed by atoms with Gasteiger partial charge in [-0.25, -0.2) is 9.67 Å². The van der Waals surface area contributed by atoms with Gasteiger partial charge in [0, 0.05) is 12.4 Å². The summed E-state index contributed by atoms with van der Waals surface area (Å²) in [6.45, 7) is 1.92. The number of nitrogens with zero attached hydrogens (tertiary/aromatic N) is 5. The zero-order valence-electron chi connectivity index (χ0n) is 11.0. The molecule has 0 spiro atoms. The molecule has 0 bridgehead atoms. The zero-order chi connectivity index (χ0) is 13.6. The molecule has 6 heteroatoms. The van der Waals surface area contributed by atoms with Gasteiger partial charge in [0.25, 0.3) is 0 Å². The molecule has 0 aliphatic carbocycles. The van der Waals surface area contributed by atoms with Gasteiger partial charge in [0.05, 0.1) is 25.6 Å². The van der Waals surface area contributed by atoms with E-state index in [0.29, 0.717) is 19.7 Å². The third-order valence-corrected chi connectivity index (χ3v) is 2.82. The van der Waals surface area contributed by atoms with Crippen molar-refractivity contribution >= 4 is 0 Å². The summed E-state index contributed by atoms with van der Waals surface area (Å²) >= 11 is 0. The van der Waals surface area contributed by atoms with Crippen molar-refractivity contribution in [1.29, 1.82) is 0 Å². The van der Waals surface area contributed by atoms with E-state index >= 15 is 0 Å². The Morgan fingerprint density at radius 3 is 2.85 bits per heavy atom. The number of benzene rings is 1. The van der Waals surface area contributed by atoms with Crippen LogP contribution in [0.5, 0.6) is 5.75 Å². The fraction of sp³-hybridized carbons (Fsp3) is 0.214. The highest BCUT2D eigenvalue weighted by molar-refractivity contribution is 5.20. The molecular formula is C14H15N5O. The van der Waals surface area contributed by atoms with Crippen molar-refractivity contribution in [3.8, 4) is 5.75 Å². The molecule has 102 valence electrons. The van der Waals surface area contributed by atoms with Crippen molar-refractivity contribution in [3.05, 3.63) is 60.9 Å². The molecule has 0 amide bonds. The van der Waals surface area contributed by atoms with Gasteiger partial charge in [0.2, 0.25) is 0 Å². The van der Waals surface area contributed by atoms with Gasteiger partial charge in [0.1, 0.15) is 18.1 Å². The maximum absolute atomic E-state index is 5.62. The van der Waals surface area contributed by atoms with E-state index in [2.05, 4.69) is 15.3 Å². The maximum atomic E-state index is 5.62. The summed E-state index contributed by atoms with van der Waals surface area (Å²) in [5.74, 6) is 0.867. The lowest BCUT2D eigenvalue weighted by Crippen LogP contribution is -2.08. The molecule has 0 atom stereocenters. The Balaban J connectivity index is 1.50. The van der Waals surface area contributed by atoms with E-state index in [1.807, 2.05) is 47.3 Å². The van der Waals surface area contributed by atoms with Crippen LogP contribution in [0.15, 0.2) is 55.2 Å². The van der Waals surface area contributed by atoms with Crippen LogP contribution in [0.2, 0.25) is 0 Å². The second-order valence-corrected chi connectivity index (χ2v) is 4.37. The number of aromatic nitrogens is 5. The standard InChI is InChI=1S/C14H15N5O/c1-2-4-14(5-3-1)20-9-8-19-11-13(16-17-19)10-18-7-6-15-12-18/h1-7,11-12H,8-10H2. The highest BCUT2D eigenvalue weighted by Gasteiger charge is 2.01. The fourth-order valence-corrected chi connectivity index (χ4v) is 1.86. The largest absolute Gasteiger partial charge is 0.492 e. The minimum absolute atomic E-state index is 0.567. The zero-order valence-corrected chi connectivity index (χ0v) is 11.0. The van der Waals surface area contributed by atoms with Crippen LogP contribution in [0, 0.1) is 0 Å². The van der Waals surface area contributed by atoms with E-state index < -0.39 is 0 Å². The highest BCUT2D eigenvalue weighted by Crippen LogP contribution is 2.08. The Morgan fingerprint density at radius 2 is 2.05 bits per heavy atom. The van der Waals surface area contributed by atoms with Crippen molar-refractivity contribution in [2.24, 2.45) is 0 Å². The van der Waals surface area contributed by atoms with Crippen molar-refractivity contribution < 1.29 is 4.74 Å². The van der Waals surface area contributed by atoms with E-state index in [1.54, 1.807) is 17.2 Å². The van der Waals surface area contributed by atoms with Crippen molar-refractivity contribution in [1.82, 2.24) is 24.5 Å². The molecule has 0 saturated heterocycles. The molecule has 0 aliphatic rings. The number of hydrogen-bond donors (Lipinski definition) is 0. The Morgan fingerprint density at radius 1 is 1.15 bits per heavy atom. The monoisotopic (exact) mass is 269 g/mol. The van der Waals surface area contributed by atoms with Gasteiger partial charge in [-0.05, 0) is 12.1 Å². The summed E-state index contributed by atoms with van der Waals surface area (Å²) in [7, 11) is 0. The van der Waals surface area contributed by atoms with E-state index in [9.17, 15) is 0 Å². The van der Waals surface area contributed by atoms with Crippen LogP contribution in [-0.2, 0) is 13.1 Å². The lowest BCUT2D eigenvalue weighted by molar-refractivity contribution is 0.289. The molecule has 6 nitrogen and oxygen atoms in total. The van der Waals surface area contributed by atoms with Crippen molar-refractivity contribution in [2.75, 3.05) is 6.61 Å². The molecule has 0 fully saturated rings. The third kappa shape index (κ3) is 3.23. The number of imidazole rings is 1. The number of hydrogen-bond acceptors (Lipinski definition) is 4. The normalized spacial score (nSPS) is 10.6. The van der Waals surface area contributed by atoms with Gasteiger partial charge in [-0.3, -0.25) is 0 Å². The smallest absolute Gasteiger partial charge is 0.119 e. The predicted octanol–water partition coefficient (Wildman–Crippen LogP) is 1.60. The van der Waals surface area contributed by atoms with E-state index in [1.165, 1.54) is 0 Å². The molecule has 1 aromatic carbocycles. The molecule has 0 radical (unpaired) electrons. The first-order valence-corrected chi connectivity index (χ1v) is 6.43. The summed E-state index contributed by atoms with van der Waals surface area (Å²) in [6.07, 6.45) is 7.33. The van der Waals surface area contributed by atoms with Crippen LogP contribution in [0.3, 0.4) is 0 Å². The minimum atomic E-state index is 0.567. The van der Waals surface area contributed by atoms with Crippen LogP contribution >= 0.6 is 0 Å². The second kappa shape index (κ2) is 6.01. The van der Waals surface area contributed by atoms with Crippen LogP contribution in [0.25, 0.3) is 0 Å². The molecule has 0 aliphatic heterocycles. The van der Waals surface area contributed by atoms with Gasteiger partial charge in [-0.2, -0.15) is 0 Å². The topological polar surface area (TPSA) is 57.8 Å². The fourth-order valence-electron chi connectivity index (χ4n) is 1.86. The summed E-state index contributed by atoms with van der Waals surface area (Å²) in [5, 5.41) is 8.21. The molecule has 2 heterocycles. The SMILES string of the molecule is c1ccc(OCCn2cc(Cn3ccnc3)nn2)cc1. The molecule has 3 rings (SSSR count). The summed E-state index contributed by atoms with van der Waals surface area (Å²) in [6, 6.07) is 9.74. The molecule has 20 heavy (non-hydrogen) atoms. The Labute approximate surface area is 116 Å². The van der Waals surface area contributed by atoms with Crippen LogP contribution in [0.1, 0.15) is 5.69 Å². The Kier molecular flexibility index (Phi) is 3.73. The minimum Gasteiger partial charge on any atom is -0.492 e. The second-order valence-electron chi connectivity index (χ2n) is 4.37. The first-order valence-electron chi connectivity index (χ1n) is 6.43. The van der Waals surface area contributed by atoms with Gasteiger partial charge >= 0.3 is 0 Å². The number of para-hydroxylation sites is 1. The average molecular weight is 269 g/mol. The quantitative estimate of drug-likeness (QED) is 0.682. The molecule has 0 unspecified atom stereocenters. The predicted molar refractivity (Wildman–Crippen MR) is 73.3 cm³/mol. The summed E-state index contributed by atoms with van der Waals surface area (Å²) in [4.78, 5) is 4.00. The van der Waals surface area contributed by atoms with Crippen LogP contribution in [0.4, 0.5) is 0 Å². The lowest BCUT2D eigenvalue weighted by Gasteiger charge is -2.04.